The van der Waals surface area contributed by atoms with E-state index in [1.54, 1.807) is 23.6 Å². The Hall–Kier alpha value is -2.41. The zero-order valence-electron chi connectivity index (χ0n) is 12.7. The lowest BCUT2D eigenvalue weighted by Crippen LogP contribution is -2.41. The number of aromatic nitrogens is 1. The SMILES string of the molecule is COc1ccccc1CN1C(=O)CCC1C(=O)Nc1nccs1. The van der Waals surface area contributed by atoms with Gasteiger partial charge in [0, 0.05) is 23.6 Å². The number of rotatable bonds is 5. The number of nitrogens with zero attached hydrogens (tertiary/aromatic N) is 2. The number of ether oxygens (including phenoxy) is 1. The summed E-state index contributed by atoms with van der Waals surface area (Å²) in [5.74, 6) is 0.502. The van der Waals surface area contributed by atoms with E-state index in [9.17, 15) is 9.59 Å². The third-order valence-electron chi connectivity index (χ3n) is 3.83. The minimum Gasteiger partial charge on any atom is -0.496 e. The number of hydrogen-bond donors (Lipinski definition) is 1. The first kappa shape index (κ1) is 15.5. The van der Waals surface area contributed by atoms with Gasteiger partial charge in [0.25, 0.3) is 0 Å². The maximum Gasteiger partial charge on any atom is 0.248 e. The Labute approximate surface area is 138 Å². The number of para-hydroxylation sites is 1. The topological polar surface area (TPSA) is 71.5 Å². The van der Waals surface area contributed by atoms with Gasteiger partial charge in [-0.05, 0) is 12.5 Å². The summed E-state index contributed by atoms with van der Waals surface area (Å²) in [6, 6.07) is 7.04. The van der Waals surface area contributed by atoms with Crippen molar-refractivity contribution in [3.63, 3.8) is 0 Å². The number of nitrogens with one attached hydrogen (secondary N) is 1. The van der Waals surface area contributed by atoms with Crippen LogP contribution in [0.5, 0.6) is 5.75 Å². The van der Waals surface area contributed by atoms with Crippen LogP contribution in [0.4, 0.5) is 5.13 Å². The molecule has 3 rings (SSSR count). The van der Waals surface area contributed by atoms with E-state index < -0.39 is 6.04 Å². The number of likely N-dealkylation sites (tertiary alicyclic amines) is 1. The van der Waals surface area contributed by atoms with E-state index >= 15 is 0 Å². The van der Waals surface area contributed by atoms with Crippen molar-refractivity contribution >= 4 is 28.3 Å². The van der Waals surface area contributed by atoms with Gasteiger partial charge in [0.2, 0.25) is 11.8 Å². The lowest BCUT2D eigenvalue weighted by molar-refractivity contribution is -0.133. The molecule has 0 radical (unpaired) electrons. The molecule has 0 bridgehead atoms. The summed E-state index contributed by atoms with van der Waals surface area (Å²) >= 11 is 1.36. The smallest absolute Gasteiger partial charge is 0.248 e. The molecule has 2 heterocycles. The first-order valence-electron chi connectivity index (χ1n) is 7.31. The number of methoxy groups -OCH3 is 1. The van der Waals surface area contributed by atoms with Crippen LogP contribution < -0.4 is 10.1 Å². The van der Waals surface area contributed by atoms with Crippen LogP contribution in [0.25, 0.3) is 0 Å². The predicted molar refractivity (Wildman–Crippen MR) is 87.3 cm³/mol. The molecule has 1 N–H and O–H groups in total. The van der Waals surface area contributed by atoms with E-state index in [1.165, 1.54) is 11.3 Å². The minimum absolute atomic E-state index is 0.0183. The molecule has 0 saturated carbocycles. The molecule has 7 heteroatoms. The summed E-state index contributed by atoms with van der Waals surface area (Å²) in [4.78, 5) is 30.3. The van der Waals surface area contributed by atoms with Crippen molar-refractivity contribution < 1.29 is 14.3 Å². The van der Waals surface area contributed by atoms with Gasteiger partial charge in [-0.25, -0.2) is 4.98 Å². The number of thiazole rings is 1. The molecule has 1 aromatic carbocycles. The number of benzene rings is 1. The summed E-state index contributed by atoms with van der Waals surface area (Å²) in [6.45, 7) is 0.360. The largest absolute Gasteiger partial charge is 0.496 e. The molecule has 2 amide bonds. The Kier molecular flexibility index (Phi) is 4.57. The maximum absolute atomic E-state index is 12.4. The van der Waals surface area contributed by atoms with Gasteiger partial charge >= 0.3 is 0 Å². The van der Waals surface area contributed by atoms with Crippen LogP contribution in [0.3, 0.4) is 0 Å². The fourth-order valence-corrected chi connectivity index (χ4v) is 3.23. The first-order valence-corrected chi connectivity index (χ1v) is 8.18. The zero-order valence-corrected chi connectivity index (χ0v) is 13.5. The second kappa shape index (κ2) is 6.78. The zero-order chi connectivity index (χ0) is 16.2. The van der Waals surface area contributed by atoms with Gasteiger partial charge in [0.1, 0.15) is 11.8 Å². The number of anilines is 1. The van der Waals surface area contributed by atoms with Crippen LogP contribution >= 0.6 is 11.3 Å². The van der Waals surface area contributed by atoms with Crippen LogP contribution in [0, 0.1) is 0 Å². The highest BCUT2D eigenvalue weighted by atomic mass is 32.1. The van der Waals surface area contributed by atoms with Gasteiger partial charge in [-0.3, -0.25) is 9.59 Å². The number of carbonyl (C=O) groups is 2. The van der Waals surface area contributed by atoms with Crippen molar-refractivity contribution in [1.29, 1.82) is 0 Å². The van der Waals surface area contributed by atoms with E-state index in [0.29, 0.717) is 30.3 Å². The standard InChI is InChI=1S/C16H17N3O3S/c1-22-13-5-3-2-4-11(13)10-19-12(6-7-14(19)20)15(21)18-16-17-8-9-23-16/h2-5,8-9,12H,6-7,10H2,1H3,(H,17,18,21). The highest BCUT2D eigenvalue weighted by Gasteiger charge is 2.36. The minimum atomic E-state index is -0.476. The maximum atomic E-state index is 12.4. The lowest BCUT2D eigenvalue weighted by Gasteiger charge is -2.24. The molecular formula is C16H17N3O3S. The monoisotopic (exact) mass is 331 g/mol. The Morgan fingerprint density at radius 3 is 3.04 bits per heavy atom. The summed E-state index contributed by atoms with van der Waals surface area (Å²) < 4.78 is 5.32. The molecule has 120 valence electrons. The molecule has 6 nitrogen and oxygen atoms in total. The van der Waals surface area contributed by atoms with E-state index in [-0.39, 0.29) is 11.8 Å². The molecule has 2 aromatic rings. The van der Waals surface area contributed by atoms with Crippen molar-refractivity contribution in [2.45, 2.75) is 25.4 Å². The average Bonchev–Trinajstić information content (AvgIpc) is 3.18. The van der Waals surface area contributed by atoms with E-state index in [2.05, 4.69) is 10.3 Å². The summed E-state index contributed by atoms with van der Waals surface area (Å²) in [6.07, 6.45) is 2.53. The highest BCUT2D eigenvalue weighted by molar-refractivity contribution is 7.13. The van der Waals surface area contributed by atoms with Crippen molar-refractivity contribution in [3.8, 4) is 5.75 Å². The Morgan fingerprint density at radius 1 is 1.48 bits per heavy atom. The first-order chi connectivity index (χ1) is 11.2. The van der Waals surface area contributed by atoms with Gasteiger partial charge in [-0.1, -0.05) is 18.2 Å². The fourth-order valence-electron chi connectivity index (χ4n) is 2.70. The van der Waals surface area contributed by atoms with E-state index in [0.717, 1.165) is 5.56 Å². The van der Waals surface area contributed by atoms with Gasteiger partial charge in [0.05, 0.1) is 13.7 Å². The fraction of sp³-hybridized carbons (Fsp3) is 0.312. The second-order valence-corrected chi connectivity index (χ2v) is 6.11. The number of hydrogen-bond acceptors (Lipinski definition) is 5. The van der Waals surface area contributed by atoms with Crippen molar-refractivity contribution in [3.05, 3.63) is 41.4 Å². The van der Waals surface area contributed by atoms with Crippen LogP contribution in [0.15, 0.2) is 35.8 Å². The van der Waals surface area contributed by atoms with Crippen molar-refractivity contribution in [1.82, 2.24) is 9.88 Å². The molecule has 1 aliphatic rings. The Balaban J connectivity index is 1.76. The molecule has 0 aliphatic carbocycles. The molecule has 23 heavy (non-hydrogen) atoms. The van der Waals surface area contributed by atoms with Crippen LogP contribution in [0.2, 0.25) is 0 Å². The normalized spacial score (nSPS) is 17.3. The molecule has 0 spiro atoms. The second-order valence-electron chi connectivity index (χ2n) is 5.21. The van der Waals surface area contributed by atoms with Gasteiger partial charge in [-0.2, -0.15) is 0 Å². The quantitative estimate of drug-likeness (QED) is 0.912. The van der Waals surface area contributed by atoms with Crippen LogP contribution in [-0.4, -0.2) is 34.8 Å². The molecule has 1 unspecified atom stereocenters. The third kappa shape index (κ3) is 3.34. The molecule has 1 aromatic heterocycles. The molecule has 1 fully saturated rings. The Bertz CT molecular complexity index is 702. The molecule has 1 saturated heterocycles. The van der Waals surface area contributed by atoms with Gasteiger partial charge < -0.3 is 15.0 Å². The molecule has 1 aliphatic heterocycles. The average molecular weight is 331 g/mol. The summed E-state index contributed by atoms with van der Waals surface area (Å²) in [5, 5.41) is 5.11. The number of carbonyl (C=O) groups excluding carboxylic acids is 2. The van der Waals surface area contributed by atoms with Crippen molar-refractivity contribution in [2.24, 2.45) is 0 Å². The molecule has 1 atom stereocenters. The number of amides is 2. The third-order valence-corrected chi connectivity index (χ3v) is 4.52. The van der Waals surface area contributed by atoms with Crippen molar-refractivity contribution in [2.75, 3.05) is 12.4 Å². The van der Waals surface area contributed by atoms with Gasteiger partial charge in [0.15, 0.2) is 5.13 Å². The van der Waals surface area contributed by atoms with Crippen LogP contribution in [0.1, 0.15) is 18.4 Å². The Morgan fingerprint density at radius 2 is 2.30 bits per heavy atom. The molecular weight excluding hydrogens is 314 g/mol. The van der Waals surface area contributed by atoms with E-state index in [4.69, 9.17) is 4.74 Å². The highest BCUT2D eigenvalue weighted by Crippen LogP contribution is 2.26. The summed E-state index contributed by atoms with van der Waals surface area (Å²) in [5.41, 5.74) is 0.886. The summed E-state index contributed by atoms with van der Waals surface area (Å²) in [7, 11) is 1.59. The van der Waals surface area contributed by atoms with Crippen LogP contribution in [-0.2, 0) is 16.1 Å². The predicted octanol–water partition coefficient (Wildman–Crippen LogP) is 2.28. The van der Waals surface area contributed by atoms with Gasteiger partial charge in [-0.15, -0.1) is 11.3 Å². The lowest BCUT2D eigenvalue weighted by atomic mass is 10.1. The van der Waals surface area contributed by atoms with E-state index in [1.807, 2.05) is 24.3 Å².